The molecule has 0 bridgehead atoms. The fourth-order valence-corrected chi connectivity index (χ4v) is 3.67. The Morgan fingerprint density at radius 3 is 2.80 bits per heavy atom. The van der Waals surface area contributed by atoms with E-state index < -0.39 is 0 Å². The Labute approximate surface area is 123 Å². The van der Waals surface area contributed by atoms with Crippen LogP contribution in [0.25, 0.3) is 0 Å². The molecular weight excluding hydrogens is 244 g/mol. The van der Waals surface area contributed by atoms with Crippen molar-refractivity contribution in [2.24, 2.45) is 5.41 Å². The highest BCUT2D eigenvalue weighted by Gasteiger charge is 2.30. The zero-order chi connectivity index (χ0) is 14.0. The van der Waals surface area contributed by atoms with Gasteiger partial charge in [-0.2, -0.15) is 0 Å². The average molecular weight is 272 g/mol. The Bertz CT molecular complexity index is 446. The lowest BCUT2D eigenvalue weighted by Gasteiger charge is -2.39. The van der Waals surface area contributed by atoms with E-state index in [1.807, 2.05) is 0 Å². The summed E-state index contributed by atoms with van der Waals surface area (Å²) in [6.07, 6.45) is 6.53. The van der Waals surface area contributed by atoms with Crippen molar-refractivity contribution < 1.29 is 0 Å². The van der Waals surface area contributed by atoms with E-state index in [1.54, 1.807) is 11.1 Å². The predicted octanol–water partition coefficient (Wildman–Crippen LogP) is 3.39. The molecule has 0 saturated carbocycles. The first-order valence-corrected chi connectivity index (χ1v) is 8.16. The number of rotatable bonds is 3. The summed E-state index contributed by atoms with van der Waals surface area (Å²) in [4.78, 5) is 2.46. The molecule has 1 atom stereocenters. The maximum Gasteiger partial charge on any atom is 0.0323 e. The van der Waals surface area contributed by atoms with E-state index in [-0.39, 0.29) is 0 Å². The quantitative estimate of drug-likeness (QED) is 0.907. The molecule has 2 heteroatoms. The van der Waals surface area contributed by atoms with Crippen molar-refractivity contribution in [3.8, 4) is 0 Å². The molecule has 0 amide bonds. The number of aryl methyl sites for hydroxylation is 1. The molecule has 2 nitrogen and oxygen atoms in total. The molecule has 110 valence electrons. The Hall–Kier alpha value is -0.860. The monoisotopic (exact) mass is 272 g/mol. The maximum atomic E-state index is 3.88. The lowest BCUT2D eigenvalue weighted by Crippen LogP contribution is -2.43. The van der Waals surface area contributed by atoms with Crippen LogP contribution >= 0.6 is 0 Å². The van der Waals surface area contributed by atoms with Crippen molar-refractivity contribution >= 4 is 0 Å². The number of nitrogens with zero attached hydrogens (tertiary/aromatic N) is 1. The van der Waals surface area contributed by atoms with Gasteiger partial charge in [-0.1, -0.05) is 31.2 Å². The minimum atomic E-state index is 0.485. The van der Waals surface area contributed by atoms with E-state index in [0.29, 0.717) is 11.5 Å². The maximum absolute atomic E-state index is 3.88. The fourth-order valence-electron chi connectivity index (χ4n) is 3.67. The van der Waals surface area contributed by atoms with Crippen LogP contribution in [0.15, 0.2) is 24.3 Å². The summed E-state index contributed by atoms with van der Waals surface area (Å²) in [5.41, 5.74) is 3.60. The molecule has 0 radical (unpaired) electrons. The van der Waals surface area contributed by atoms with Gasteiger partial charge >= 0.3 is 0 Å². The van der Waals surface area contributed by atoms with Gasteiger partial charge in [-0.05, 0) is 68.8 Å². The minimum Gasteiger partial charge on any atom is -0.309 e. The molecule has 1 aliphatic carbocycles. The van der Waals surface area contributed by atoms with E-state index in [0.717, 1.165) is 0 Å². The van der Waals surface area contributed by atoms with Crippen molar-refractivity contribution in [3.63, 3.8) is 0 Å². The van der Waals surface area contributed by atoms with Crippen molar-refractivity contribution in [2.45, 2.75) is 45.1 Å². The standard InChI is InChI=1S/C18H28N2/c1-18(10-12-20(2)13-11-18)14-19-17-9-5-7-15-6-3-4-8-16(15)17/h3-4,6,8,17,19H,5,7,9-14H2,1-2H3. The van der Waals surface area contributed by atoms with Crippen LogP contribution in [0.4, 0.5) is 0 Å². The zero-order valence-corrected chi connectivity index (χ0v) is 13.0. The number of likely N-dealkylation sites (tertiary alicyclic amines) is 1. The topological polar surface area (TPSA) is 15.3 Å². The molecule has 1 aromatic rings. The predicted molar refractivity (Wildman–Crippen MR) is 85.0 cm³/mol. The van der Waals surface area contributed by atoms with Crippen molar-refractivity contribution in [1.82, 2.24) is 10.2 Å². The van der Waals surface area contributed by atoms with Crippen LogP contribution in [0.3, 0.4) is 0 Å². The van der Waals surface area contributed by atoms with Gasteiger partial charge in [-0.25, -0.2) is 0 Å². The number of hydrogen-bond donors (Lipinski definition) is 1. The normalized spacial score (nSPS) is 26.2. The Morgan fingerprint density at radius 1 is 1.25 bits per heavy atom. The first-order valence-electron chi connectivity index (χ1n) is 8.16. The molecule has 1 aliphatic heterocycles. The van der Waals surface area contributed by atoms with Crippen LogP contribution in [0, 0.1) is 5.41 Å². The van der Waals surface area contributed by atoms with Crippen LogP contribution in [0.1, 0.15) is 49.8 Å². The fraction of sp³-hybridized carbons (Fsp3) is 0.667. The Morgan fingerprint density at radius 2 is 2.00 bits per heavy atom. The van der Waals surface area contributed by atoms with Gasteiger partial charge in [-0.15, -0.1) is 0 Å². The highest BCUT2D eigenvalue weighted by atomic mass is 15.1. The first-order chi connectivity index (χ1) is 9.66. The number of fused-ring (bicyclic) bond motifs is 1. The molecule has 2 aliphatic rings. The second-order valence-electron chi connectivity index (χ2n) is 7.14. The molecule has 1 saturated heterocycles. The largest absolute Gasteiger partial charge is 0.309 e. The van der Waals surface area contributed by atoms with Crippen LogP contribution in [-0.2, 0) is 6.42 Å². The summed E-state index contributed by atoms with van der Waals surface area (Å²) in [7, 11) is 2.24. The molecule has 1 unspecified atom stereocenters. The molecule has 0 spiro atoms. The zero-order valence-electron chi connectivity index (χ0n) is 13.0. The average Bonchev–Trinajstić information content (AvgIpc) is 2.49. The van der Waals surface area contributed by atoms with Gasteiger partial charge in [0, 0.05) is 12.6 Å². The molecule has 20 heavy (non-hydrogen) atoms. The van der Waals surface area contributed by atoms with Crippen molar-refractivity contribution in [1.29, 1.82) is 0 Å². The van der Waals surface area contributed by atoms with Gasteiger partial charge in [0.2, 0.25) is 0 Å². The lowest BCUT2D eigenvalue weighted by molar-refractivity contribution is 0.132. The molecule has 0 aromatic heterocycles. The molecule has 1 aromatic carbocycles. The Balaban J connectivity index is 1.62. The molecule has 1 fully saturated rings. The van der Waals surface area contributed by atoms with E-state index >= 15 is 0 Å². The third-order valence-electron chi connectivity index (χ3n) is 5.34. The van der Waals surface area contributed by atoms with Gasteiger partial charge in [0.05, 0.1) is 0 Å². The molecule has 3 rings (SSSR count). The van der Waals surface area contributed by atoms with E-state index in [1.165, 1.54) is 51.7 Å². The van der Waals surface area contributed by atoms with Gasteiger partial charge < -0.3 is 10.2 Å². The van der Waals surface area contributed by atoms with Crippen LogP contribution in [0.5, 0.6) is 0 Å². The van der Waals surface area contributed by atoms with Crippen LogP contribution < -0.4 is 5.32 Å². The third kappa shape index (κ3) is 3.07. The molecular formula is C18H28N2. The summed E-state index contributed by atoms with van der Waals surface area (Å²) in [6, 6.07) is 9.58. The van der Waals surface area contributed by atoms with Crippen molar-refractivity contribution in [3.05, 3.63) is 35.4 Å². The van der Waals surface area contributed by atoms with E-state index in [2.05, 4.69) is 48.5 Å². The smallest absolute Gasteiger partial charge is 0.0323 e. The summed E-state index contributed by atoms with van der Waals surface area (Å²) < 4.78 is 0. The number of nitrogens with one attached hydrogen (secondary N) is 1. The van der Waals surface area contributed by atoms with Gasteiger partial charge in [0.15, 0.2) is 0 Å². The second-order valence-corrected chi connectivity index (χ2v) is 7.14. The third-order valence-corrected chi connectivity index (χ3v) is 5.34. The highest BCUT2D eigenvalue weighted by molar-refractivity contribution is 5.32. The highest BCUT2D eigenvalue weighted by Crippen LogP contribution is 2.33. The van der Waals surface area contributed by atoms with Gasteiger partial charge in [-0.3, -0.25) is 0 Å². The minimum absolute atomic E-state index is 0.485. The van der Waals surface area contributed by atoms with E-state index in [9.17, 15) is 0 Å². The molecule has 1 heterocycles. The van der Waals surface area contributed by atoms with Gasteiger partial charge in [0.25, 0.3) is 0 Å². The summed E-state index contributed by atoms with van der Waals surface area (Å²) in [5.74, 6) is 0. The SMILES string of the molecule is CN1CCC(C)(CNC2CCCc3ccccc32)CC1. The first kappa shape index (κ1) is 14.1. The summed E-state index contributed by atoms with van der Waals surface area (Å²) >= 11 is 0. The Kier molecular flexibility index (Phi) is 4.13. The van der Waals surface area contributed by atoms with Crippen molar-refractivity contribution in [2.75, 3.05) is 26.7 Å². The number of benzene rings is 1. The number of hydrogen-bond acceptors (Lipinski definition) is 2. The lowest BCUT2D eigenvalue weighted by atomic mass is 9.79. The van der Waals surface area contributed by atoms with Crippen LogP contribution in [0.2, 0.25) is 0 Å². The molecule has 1 N–H and O–H groups in total. The van der Waals surface area contributed by atoms with Gasteiger partial charge in [0.1, 0.15) is 0 Å². The second kappa shape index (κ2) is 5.87. The summed E-state index contributed by atoms with van der Waals surface area (Å²) in [6.45, 7) is 6.13. The van der Waals surface area contributed by atoms with Crippen LogP contribution in [-0.4, -0.2) is 31.6 Å². The van der Waals surface area contributed by atoms with E-state index in [4.69, 9.17) is 0 Å². The summed E-state index contributed by atoms with van der Waals surface area (Å²) in [5, 5.41) is 3.88. The number of piperidine rings is 1.